The van der Waals surface area contributed by atoms with E-state index in [9.17, 15) is 9.59 Å². The Hall–Kier alpha value is -1.26. The predicted molar refractivity (Wildman–Crippen MR) is 85.6 cm³/mol. The van der Waals surface area contributed by atoms with Gasteiger partial charge in [0.1, 0.15) is 6.10 Å². The molecule has 2 saturated heterocycles. The van der Waals surface area contributed by atoms with Crippen molar-refractivity contribution in [3.63, 3.8) is 0 Å². The number of nitrogens with one attached hydrogen (secondary N) is 1. The minimum Gasteiger partial charge on any atom is -0.446 e. The van der Waals surface area contributed by atoms with Gasteiger partial charge in [-0.1, -0.05) is 26.7 Å². The van der Waals surface area contributed by atoms with Gasteiger partial charge in [0.25, 0.3) is 0 Å². The Morgan fingerprint density at radius 1 is 1.32 bits per heavy atom. The van der Waals surface area contributed by atoms with E-state index in [4.69, 9.17) is 4.74 Å². The standard InChI is InChI=1S/C17H30N2O3/c1-3-5-6-7-14(4-2)22-16(21)19-10-8-17(9-11-19)12-15(20)18-13-17/h14H,3-13H2,1-2H3,(H,18,20). The van der Waals surface area contributed by atoms with Gasteiger partial charge in [-0.05, 0) is 37.5 Å². The van der Waals surface area contributed by atoms with Gasteiger partial charge in [0.05, 0.1) is 0 Å². The smallest absolute Gasteiger partial charge is 0.410 e. The van der Waals surface area contributed by atoms with Crippen LogP contribution in [0.25, 0.3) is 0 Å². The SMILES string of the molecule is CCCCCC(CC)OC(=O)N1CCC2(CC1)CNC(=O)C2. The summed E-state index contributed by atoms with van der Waals surface area (Å²) in [5.74, 6) is 0.151. The topological polar surface area (TPSA) is 58.6 Å². The van der Waals surface area contributed by atoms with E-state index in [1.54, 1.807) is 0 Å². The highest BCUT2D eigenvalue weighted by Crippen LogP contribution is 2.37. The second-order valence-corrected chi connectivity index (χ2v) is 6.85. The summed E-state index contributed by atoms with van der Waals surface area (Å²) >= 11 is 0. The number of hydrogen-bond donors (Lipinski definition) is 1. The first-order valence-corrected chi connectivity index (χ1v) is 8.81. The van der Waals surface area contributed by atoms with Gasteiger partial charge in [0.2, 0.25) is 5.91 Å². The van der Waals surface area contributed by atoms with Crippen LogP contribution in [0.5, 0.6) is 0 Å². The Labute approximate surface area is 133 Å². The Kier molecular flexibility index (Phi) is 6.09. The monoisotopic (exact) mass is 310 g/mol. The van der Waals surface area contributed by atoms with Crippen LogP contribution in [0.3, 0.4) is 0 Å². The van der Waals surface area contributed by atoms with Crippen molar-refractivity contribution in [2.45, 2.75) is 71.3 Å². The van der Waals surface area contributed by atoms with E-state index in [0.717, 1.165) is 38.6 Å². The van der Waals surface area contributed by atoms with Crippen LogP contribution in [0.15, 0.2) is 0 Å². The van der Waals surface area contributed by atoms with E-state index < -0.39 is 0 Å². The molecule has 5 heteroatoms. The van der Waals surface area contributed by atoms with E-state index in [1.807, 2.05) is 4.90 Å². The predicted octanol–water partition coefficient (Wildman–Crippen LogP) is 3.08. The fourth-order valence-electron chi connectivity index (χ4n) is 3.45. The highest BCUT2D eigenvalue weighted by atomic mass is 16.6. The molecule has 126 valence electrons. The first-order valence-electron chi connectivity index (χ1n) is 8.81. The third kappa shape index (κ3) is 4.37. The summed E-state index contributed by atoms with van der Waals surface area (Å²) in [6.07, 6.45) is 7.63. The van der Waals surface area contributed by atoms with Gasteiger partial charge in [-0.25, -0.2) is 4.79 Å². The summed E-state index contributed by atoms with van der Waals surface area (Å²) in [5.41, 5.74) is 0.0825. The van der Waals surface area contributed by atoms with Crippen LogP contribution in [0, 0.1) is 5.41 Å². The van der Waals surface area contributed by atoms with Crippen LogP contribution in [0.1, 0.15) is 65.2 Å². The third-order valence-electron chi connectivity index (χ3n) is 5.13. The Balaban J connectivity index is 1.75. The van der Waals surface area contributed by atoms with Crippen LogP contribution >= 0.6 is 0 Å². The van der Waals surface area contributed by atoms with E-state index in [2.05, 4.69) is 19.2 Å². The molecule has 0 saturated carbocycles. The van der Waals surface area contributed by atoms with Crippen molar-refractivity contribution >= 4 is 12.0 Å². The molecule has 1 atom stereocenters. The van der Waals surface area contributed by atoms with Crippen molar-refractivity contribution in [3.05, 3.63) is 0 Å². The summed E-state index contributed by atoms with van der Waals surface area (Å²) in [5, 5.41) is 2.92. The fourth-order valence-corrected chi connectivity index (χ4v) is 3.45. The molecule has 2 heterocycles. The molecule has 2 fully saturated rings. The van der Waals surface area contributed by atoms with Gasteiger partial charge in [-0.2, -0.15) is 0 Å². The molecule has 5 nitrogen and oxygen atoms in total. The molecular weight excluding hydrogens is 280 g/mol. The molecule has 1 spiro atoms. The number of hydrogen-bond acceptors (Lipinski definition) is 3. The number of amides is 2. The normalized spacial score (nSPS) is 21.7. The van der Waals surface area contributed by atoms with E-state index >= 15 is 0 Å². The maximum absolute atomic E-state index is 12.3. The second-order valence-electron chi connectivity index (χ2n) is 6.85. The van der Waals surface area contributed by atoms with Crippen molar-refractivity contribution in [2.24, 2.45) is 5.41 Å². The number of likely N-dealkylation sites (tertiary alicyclic amines) is 1. The highest BCUT2D eigenvalue weighted by molar-refractivity contribution is 5.79. The average Bonchev–Trinajstić information content (AvgIpc) is 2.87. The minimum atomic E-state index is -0.171. The molecule has 0 aliphatic carbocycles. The molecule has 2 aliphatic heterocycles. The largest absolute Gasteiger partial charge is 0.446 e. The second kappa shape index (κ2) is 7.84. The zero-order chi connectivity index (χ0) is 16.0. The summed E-state index contributed by atoms with van der Waals surface area (Å²) in [7, 11) is 0. The summed E-state index contributed by atoms with van der Waals surface area (Å²) in [6, 6.07) is 0. The van der Waals surface area contributed by atoms with E-state index in [-0.39, 0.29) is 23.5 Å². The molecule has 0 aromatic carbocycles. The quantitative estimate of drug-likeness (QED) is 0.767. The summed E-state index contributed by atoms with van der Waals surface area (Å²) in [6.45, 7) is 6.44. The van der Waals surface area contributed by atoms with Crippen molar-refractivity contribution in [2.75, 3.05) is 19.6 Å². The number of ether oxygens (including phenoxy) is 1. The molecule has 0 bridgehead atoms. The highest BCUT2D eigenvalue weighted by Gasteiger charge is 2.42. The lowest BCUT2D eigenvalue weighted by molar-refractivity contribution is -0.119. The van der Waals surface area contributed by atoms with Gasteiger partial charge in [0.15, 0.2) is 0 Å². The number of piperidine rings is 1. The van der Waals surface area contributed by atoms with Crippen molar-refractivity contribution in [1.82, 2.24) is 10.2 Å². The zero-order valence-electron chi connectivity index (χ0n) is 14.0. The van der Waals surface area contributed by atoms with E-state index in [0.29, 0.717) is 19.5 Å². The zero-order valence-corrected chi connectivity index (χ0v) is 14.0. The molecule has 0 aromatic heterocycles. The number of rotatable bonds is 6. The first kappa shape index (κ1) is 17.1. The minimum absolute atomic E-state index is 0.0460. The molecule has 0 aromatic rings. The van der Waals surface area contributed by atoms with Crippen molar-refractivity contribution in [1.29, 1.82) is 0 Å². The lowest BCUT2D eigenvalue weighted by atomic mass is 9.78. The van der Waals surface area contributed by atoms with Crippen LogP contribution in [0.2, 0.25) is 0 Å². The summed E-state index contributed by atoms with van der Waals surface area (Å²) < 4.78 is 5.66. The van der Waals surface area contributed by atoms with Crippen LogP contribution < -0.4 is 5.32 Å². The Morgan fingerprint density at radius 3 is 2.59 bits per heavy atom. The van der Waals surface area contributed by atoms with Crippen LogP contribution in [-0.2, 0) is 9.53 Å². The van der Waals surface area contributed by atoms with E-state index in [1.165, 1.54) is 12.8 Å². The van der Waals surface area contributed by atoms with Crippen LogP contribution in [0.4, 0.5) is 4.79 Å². The fraction of sp³-hybridized carbons (Fsp3) is 0.882. The molecule has 1 unspecified atom stereocenters. The maximum Gasteiger partial charge on any atom is 0.410 e. The molecule has 2 aliphatic rings. The lowest BCUT2D eigenvalue weighted by Gasteiger charge is -2.38. The lowest BCUT2D eigenvalue weighted by Crippen LogP contribution is -2.45. The molecule has 2 rings (SSSR count). The number of unbranched alkanes of at least 4 members (excludes halogenated alkanes) is 2. The van der Waals surface area contributed by atoms with Crippen LogP contribution in [-0.4, -0.2) is 42.6 Å². The van der Waals surface area contributed by atoms with Gasteiger partial charge in [0, 0.05) is 26.1 Å². The van der Waals surface area contributed by atoms with Gasteiger partial charge < -0.3 is 15.0 Å². The maximum atomic E-state index is 12.3. The third-order valence-corrected chi connectivity index (χ3v) is 5.13. The van der Waals surface area contributed by atoms with Gasteiger partial charge in [-0.3, -0.25) is 4.79 Å². The first-order chi connectivity index (χ1) is 10.6. The van der Waals surface area contributed by atoms with Crippen molar-refractivity contribution < 1.29 is 14.3 Å². The number of carbonyl (C=O) groups is 2. The molecule has 0 radical (unpaired) electrons. The molecule has 2 amide bonds. The number of nitrogens with zero attached hydrogens (tertiary/aromatic N) is 1. The molecule has 1 N–H and O–H groups in total. The van der Waals surface area contributed by atoms with Crippen molar-refractivity contribution in [3.8, 4) is 0 Å². The summed E-state index contributed by atoms with van der Waals surface area (Å²) in [4.78, 5) is 25.5. The Morgan fingerprint density at radius 2 is 2.05 bits per heavy atom. The van der Waals surface area contributed by atoms with Gasteiger partial charge in [-0.15, -0.1) is 0 Å². The number of carbonyl (C=O) groups excluding carboxylic acids is 2. The molecule has 22 heavy (non-hydrogen) atoms. The van der Waals surface area contributed by atoms with Gasteiger partial charge >= 0.3 is 6.09 Å². The Bertz CT molecular complexity index is 389. The molecular formula is C17H30N2O3. The average molecular weight is 310 g/mol.